The Bertz CT molecular complexity index is 351. The predicted molar refractivity (Wildman–Crippen MR) is 61.4 cm³/mol. The van der Waals surface area contributed by atoms with E-state index in [1.807, 2.05) is 19.0 Å². The Kier molecular flexibility index (Phi) is 4.83. The molecule has 0 fully saturated rings. The monoisotopic (exact) mass is 228 g/mol. The van der Waals surface area contributed by atoms with E-state index in [0.29, 0.717) is 17.7 Å². The highest BCUT2D eigenvalue weighted by Gasteiger charge is 2.06. The summed E-state index contributed by atoms with van der Waals surface area (Å²) in [6.45, 7) is 3.74. The van der Waals surface area contributed by atoms with Crippen molar-refractivity contribution in [3.63, 3.8) is 0 Å². The summed E-state index contributed by atoms with van der Waals surface area (Å²) in [7, 11) is 3.95. The van der Waals surface area contributed by atoms with Crippen LogP contribution in [0.5, 0.6) is 0 Å². The lowest BCUT2D eigenvalue weighted by molar-refractivity contribution is 0.399. The molecule has 2 nitrogen and oxygen atoms in total. The molecule has 0 radical (unpaired) electrons. The molecule has 0 aliphatic rings. The van der Waals surface area contributed by atoms with Crippen LogP contribution in [-0.2, 0) is 6.54 Å². The third-order valence-electron chi connectivity index (χ3n) is 2.38. The number of likely N-dealkylation sites (N-methyl/N-ethyl adjacent to an activating group) is 1. The fraction of sp³-hybridized carbons (Fsp3) is 0.500. The second-order valence-corrected chi connectivity index (χ2v) is 4.17. The van der Waals surface area contributed by atoms with Gasteiger partial charge in [0.2, 0.25) is 0 Å². The van der Waals surface area contributed by atoms with Crippen molar-refractivity contribution in [3.8, 4) is 0 Å². The standard InChI is InChI=1S/C12H18F2N2/c1-9-6-10(12(14)7-11(9)13)8-15-4-5-16(2)3/h6-7,15H,4-5,8H2,1-3H3. The molecule has 0 amide bonds. The van der Waals surface area contributed by atoms with Gasteiger partial charge in [0.15, 0.2) is 0 Å². The fourth-order valence-electron chi connectivity index (χ4n) is 1.38. The summed E-state index contributed by atoms with van der Waals surface area (Å²) in [6.07, 6.45) is 0. The number of nitrogens with zero attached hydrogens (tertiary/aromatic N) is 1. The summed E-state index contributed by atoms with van der Waals surface area (Å²) >= 11 is 0. The minimum atomic E-state index is -0.491. The predicted octanol–water partition coefficient (Wildman–Crippen LogP) is 1.92. The van der Waals surface area contributed by atoms with Gasteiger partial charge in [-0.2, -0.15) is 0 Å². The number of hydrogen-bond acceptors (Lipinski definition) is 2. The van der Waals surface area contributed by atoms with Crippen LogP contribution in [0.25, 0.3) is 0 Å². The Balaban J connectivity index is 2.51. The fourth-order valence-corrected chi connectivity index (χ4v) is 1.38. The van der Waals surface area contributed by atoms with Crippen LogP contribution in [0.4, 0.5) is 8.78 Å². The van der Waals surface area contributed by atoms with Crippen molar-refractivity contribution in [1.29, 1.82) is 0 Å². The second-order valence-electron chi connectivity index (χ2n) is 4.17. The lowest BCUT2D eigenvalue weighted by Crippen LogP contribution is -2.26. The van der Waals surface area contributed by atoms with E-state index in [9.17, 15) is 8.78 Å². The maximum Gasteiger partial charge on any atom is 0.130 e. The first-order valence-corrected chi connectivity index (χ1v) is 5.30. The van der Waals surface area contributed by atoms with Crippen molar-refractivity contribution in [2.75, 3.05) is 27.2 Å². The van der Waals surface area contributed by atoms with Crippen molar-refractivity contribution in [3.05, 3.63) is 34.9 Å². The van der Waals surface area contributed by atoms with E-state index < -0.39 is 11.6 Å². The Labute approximate surface area is 95.3 Å². The van der Waals surface area contributed by atoms with Crippen LogP contribution in [-0.4, -0.2) is 32.1 Å². The number of halogens is 2. The molecule has 16 heavy (non-hydrogen) atoms. The molecule has 90 valence electrons. The van der Waals surface area contributed by atoms with Gasteiger partial charge in [-0.25, -0.2) is 8.78 Å². The number of hydrogen-bond donors (Lipinski definition) is 1. The number of nitrogens with one attached hydrogen (secondary N) is 1. The zero-order valence-corrected chi connectivity index (χ0v) is 9.98. The lowest BCUT2D eigenvalue weighted by Gasteiger charge is -2.11. The summed E-state index contributed by atoms with van der Waals surface area (Å²) in [5.41, 5.74) is 0.989. The Morgan fingerprint density at radius 3 is 2.50 bits per heavy atom. The van der Waals surface area contributed by atoms with E-state index >= 15 is 0 Å². The van der Waals surface area contributed by atoms with Crippen molar-refractivity contribution in [2.24, 2.45) is 0 Å². The third-order valence-corrected chi connectivity index (χ3v) is 2.38. The Morgan fingerprint density at radius 1 is 1.19 bits per heavy atom. The molecule has 4 heteroatoms. The van der Waals surface area contributed by atoms with Crippen LogP contribution in [0.15, 0.2) is 12.1 Å². The van der Waals surface area contributed by atoms with Gasteiger partial charge in [0.1, 0.15) is 11.6 Å². The van der Waals surface area contributed by atoms with Gasteiger partial charge in [0.25, 0.3) is 0 Å². The quantitative estimate of drug-likeness (QED) is 0.775. The molecule has 1 aromatic carbocycles. The van der Waals surface area contributed by atoms with Gasteiger partial charge in [-0.1, -0.05) is 0 Å². The summed E-state index contributed by atoms with van der Waals surface area (Å²) in [5, 5.41) is 3.12. The Morgan fingerprint density at radius 2 is 1.88 bits per heavy atom. The van der Waals surface area contributed by atoms with Crippen molar-refractivity contribution < 1.29 is 8.78 Å². The molecule has 0 spiro atoms. The molecule has 0 unspecified atom stereocenters. The molecule has 0 aliphatic carbocycles. The van der Waals surface area contributed by atoms with Gasteiger partial charge < -0.3 is 10.2 Å². The van der Waals surface area contributed by atoms with Gasteiger partial charge in [0.05, 0.1) is 0 Å². The van der Waals surface area contributed by atoms with E-state index in [2.05, 4.69) is 5.32 Å². The average Bonchev–Trinajstić information content (AvgIpc) is 2.19. The minimum Gasteiger partial charge on any atom is -0.311 e. The molecular formula is C12H18F2N2. The van der Waals surface area contributed by atoms with Crippen molar-refractivity contribution in [2.45, 2.75) is 13.5 Å². The zero-order valence-electron chi connectivity index (χ0n) is 9.98. The highest BCUT2D eigenvalue weighted by molar-refractivity contribution is 5.25. The van der Waals surface area contributed by atoms with E-state index in [1.165, 1.54) is 0 Å². The third kappa shape index (κ3) is 3.87. The Hall–Kier alpha value is -1.00. The topological polar surface area (TPSA) is 15.3 Å². The number of benzene rings is 1. The van der Waals surface area contributed by atoms with Crippen LogP contribution < -0.4 is 5.32 Å². The van der Waals surface area contributed by atoms with E-state index in [0.717, 1.165) is 19.2 Å². The molecule has 0 atom stereocenters. The van der Waals surface area contributed by atoms with Crippen LogP contribution in [0.1, 0.15) is 11.1 Å². The molecule has 1 aromatic rings. The zero-order chi connectivity index (χ0) is 12.1. The van der Waals surface area contributed by atoms with Gasteiger partial charge in [-0.15, -0.1) is 0 Å². The number of aryl methyl sites for hydroxylation is 1. The first kappa shape index (κ1) is 13.1. The second kappa shape index (κ2) is 5.92. The molecular weight excluding hydrogens is 210 g/mol. The molecule has 1 rings (SSSR count). The van der Waals surface area contributed by atoms with Crippen molar-refractivity contribution >= 4 is 0 Å². The molecule has 1 N–H and O–H groups in total. The SMILES string of the molecule is Cc1cc(CNCCN(C)C)c(F)cc1F. The molecule has 0 saturated carbocycles. The smallest absolute Gasteiger partial charge is 0.130 e. The first-order valence-electron chi connectivity index (χ1n) is 5.30. The largest absolute Gasteiger partial charge is 0.311 e. The van der Waals surface area contributed by atoms with Crippen LogP contribution in [0, 0.1) is 18.6 Å². The maximum atomic E-state index is 13.3. The van der Waals surface area contributed by atoms with E-state index in [4.69, 9.17) is 0 Å². The van der Waals surface area contributed by atoms with Crippen LogP contribution in [0.3, 0.4) is 0 Å². The van der Waals surface area contributed by atoms with Gasteiger partial charge in [-0.3, -0.25) is 0 Å². The highest BCUT2D eigenvalue weighted by atomic mass is 19.1. The lowest BCUT2D eigenvalue weighted by atomic mass is 10.1. The molecule has 0 bridgehead atoms. The van der Waals surface area contributed by atoms with Crippen LogP contribution >= 0.6 is 0 Å². The molecule has 0 aliphatic heterocycles. The van der Waals surface area contributed by atoms with E-state index in [1.54, 1.807) is 13.0 Å². The highest BCUT2D eigenvalue weighted by Crippen LogP contribution is 2.13. The maximum absolute atomic E-state index is 13.3. The van der Waals surface area contributed by atoms with Gasteiger partial charge >= 0.3 is 0 Å². The average molecular weight is 228 g/mol. The van der Waals surface area contributed by atoms with Crippen LogP contribution in [0.2, 0.25) is 0 Å². The molecule has 0 saturated heterocycles. The summed E-state index contributed by atoms with van der Waals surface area (Å²) in [5.74, 6) is -0.977. The molecule has 0 aromatic heterocycles. The van der Waals surface area contributed by atoms with Crippen molar-refractivity contribution in [1.82, 2.24) is 10.2 Å². The summed E-state index contributed by atoms with van der Waals surface area (Å²) in [6, 6.07) is 2.49. The van der Waals surface area contributed by atoms with E-state index in [-0.39, 0.29) is 0 Å². The minimum absolute atomic E-state index is 0.431. The molecule has 0 heterocycles. The normalized spacial score (nSPS) is 11.1. The van der Waals surface area contributed by atoms with Gasteiger partial charge in [-0.05, 0) is 32.6 Å². The number of rotatable bonds is 5. The summed E-state index contributed by atoms with van der Waals surface area (Å²) < 4.78 is 26.3. The van der Waals surface area contributed by atoms with Gasteiger partial charge in [0, 0.05) is 31.3 Å². The first-order chi connectivity index (χ1) is 7.50. The summed E-state index contributed by atoms with van der Waals surface area (Å²) in [4.78, 5) is 2.04.